The summed E-state index contributed by atoms with van der Waals surface area (Å²) in [5.74, 6) is -1.19. The molecule has 0 aliphatic carbocycles. The summed E-state index contributed by atoms with van der Waals surface area (Å²) >= 11 is 5.94. The molecule has 3 rings (SSSR count). The first-order valence-electron chi connectivity index (χ1n) is 6.86. The number of hydrogen-bond acceptors (Lipinski definition) is 3. The fourth-order valence-electron chi connectivity index (χ4n) is 2.50. The first kappa shape index (κ1) is 14.1. The summed E-state index contributed by atoms with van der Waals surface area (Å²) < 4.78 is 5.41. The number of ketones is 1. The second-order valence-electron chi connectivity index (χ2n) is 5.07. The normalized spacial score (nSPS) is 18.0. The van der Waals surface area contributed by atoms with Crippen molar-refractivity contribution in [2.24, 2.45) is 0 Å². The molecular formula is C15H15ClN2O3. The van der Waals surface area contributed by atoms with Crippen molar-refractivity contribution in [1.82, 2.24) is 10.3 Å². The Morgan fingerprint density at radius 2 is 2.29 bits per heavy atom. The summed E-state index contributed by atoms with van der Waals surface area (Å²) in [5.41, 5.74) is 1.10. The van der Waals surface area contributed by atoms with Crippen LogP contribution in [0.3, 0.4) is 0 Å². The van der Waals surface area contributed by atoms with Crippen LogP contribution in [0.4, 0.5) is 0 Å². The number of amides is 1. The lowest BCUT2D eigenvalue weighted by atomic mass is 10.1. The fraction of sp³-hybridized carbons (Fsp3) is 0.333. The maximum Gasteiger partial charge on any atom is 0.292 e. The summed E-state index contributed by atoms with van der Waals surface area (Å²) in [6.07, 6.45) is 3.46. The van der Waals surface area contributed by atoms with E-state index in [1.165, 1.54) is 6.20 Å². The summed E-state index contributed by atoms with van der Waals surface area (Å²) in [6.45, 7) is 1.09. The van der Waals surface area contributed by atoms with Crippen LogP contribution < -0.4 is 5.32 Å². The highest BCUT2D eigenvalue weighted by Gasteiger charge is 2.22. The van der Waals surface area contributed by atoms with Crippen molar-refractivity contribution in [2.45, 2.75) is 18.9 Å². The van der Waals surface area contributed by atoms with Crippen LogP contribution in [-0.2, 0) is 9.53 Å². The van der Waals surface area contributed by atoms with Gasteiger partial charge in [0, 0.05) is 35.3 Å². The van der Waals surface area contributed by atoms with Gasteiger partial charge in [0.1, 0.15) is 0 Å². The van der Waals surface area contributed by atoms with E-state index in [9.17, 15) is 9.59 Å². The number of H-pyrrole nitrogens is 1. The number of nitrogens with one attached hydrogen (secondary N) is 2. The summed E-state index contributed by atoms with van der Waals surface area (Å²) in [7, 11) is 0. The Morgan fingerprint density at radius 3 is 3.05 bits per heavy atom. The minimum Gasteiger partial charge on any atom is -0.376 e. The van der Waals surface area contributed by atoms with E-state index < -0.39 is 11.7 Å². The molecule has 1 aromatic carbocycles. The van der Waals surface area contributed by atoms with E-state index in [0.29, 0.717) is 22.5 Å². The van der Waals surface area contributed by atoms with Crippen LogP contribution in [0, 0.1) is 0 Å². The van der Waals surface area contributed by atoms with E-state index in [1.54, 1.807) is 18.2 Å². The van der Waals surface area contributed by atoms with Gasteiger partial charge in [-0.05, 0) is 31.0 Å². The number of halogens is 1. The van der Waals surface area contributed by atoms with E-state index in [0.717, 1.165) is 25.0 Å². The van der Waals surface area contributed by atoms with Crippen molar-refractivity contribution in [3.63, 3.8) is 0 Å². The molecule has 1 atom stereocenters. The predicted octanol–water partition coefficient (Wildman–Crippen LogP) is 2.30. The average molecular weight is 307 g/mol. The quantitative estimate of drug-likeness (QED) is 0.672. The Kier molecular flexibility index (Phi) is 3.94. The van der Waals surface area contributed by atoms with Gasteiger partial charge in [-0.1, -0.05) is 11.6 Å². The Bertz CT molecular complexity index is 689. The standard InChI is InChI=1S/C15H15ClN2O3/c16-9-3-4-13-11(6-9)12(8-17-13)14(19)15(20)18-7-10-2-1-5-21-10/h3-4,6,8,10,17H,1-2,5,7H2,(H,18,20). The van der Waals surface area contributed by atoms with Crippen LogP contribution in [0.2, 0.25) is 5.02 Å². The number of aromatic amines is 1. The molecule has 2 N–H and O–H groups in total. The molecule has 6 heteroatoms. The van der Waals surface area contributed by atoms with Gasteiger partial charge in [0.15, 0.2) is 0 Å². The van der Waals surface area contributed by atoms with E-state index in [1.807, 2.05) is 0 Å². The Balaban J connectivity index is 1.73. The molecule has 0 bridgehead atoms. The monoisotopic (exact) mass is 306 g/mol. The molecular weight excluding hydrogens is 292 g/mol. The minimum absolute atomic E-state index is 0.0131. The van der Waals surface area contributed by atoms with Crippen molar-refractivity contribution < 1.29 is 14.3 Å². The molecule has 1 fully saturated rings. The molecule has 1 aromatic heterocycles. The number of ether oxygens (including phenoxy) is 1. The van der Waals surface area contributed by atoms with E-state index >= 15 is 0 Å². The second kappa shape index (κ2) is 5.87. The number of aromatic nitrogens is 1. The van der Waals surface area contributed by atoms with Gasteiger partial charge in [-0.3, -0.25) is 9.59 Å². The van der Waals surface area contributed by atoms with Crippen molar-refractivity contribution in [3.05, 3.63) is 35.0 Å². The first-order valence-corrected chi connectivity index (χ1v) is 7.24. The van der Waals surface area contributed by atoms with Gasteiger partial charge < -0.3 is 15.0 Å². The minimum atomic E-state index is -0.619. The van der Waals surface area contributed by atoms with Gasteiger partial charge in [-0.25, -0.2) is 0 Å². The number of hydrogen-bond donors (Lipinski definition) is 2. The number of Topliss-reactive ketones (excluding diaryl/α,β-unsaturated/α-hetero) is 1. The maximum absolute atomic E-state index is 12.2. The molecule has 1 aliphatic heterocycles. The highest BCUT2D eigenvalue weighted by atomic mass is 35.5. The first-order chi connectivity index (χ1) is 10.1. The molecule has 1 unspecified atom stereocenters. The molecule has 2 heterocycles. The third-order valence-electron chi connectivity index (χ3n) is 3.61. The van der Waals surface area contributed by atoms with Gasteiger partial charge in [0.25, 0.3) is 11.7 Å². The highest BCUT2D eigenvalue weighted by molar-refractivity contribution is 6.45. The molecule has 0 spiro atoms. The Morgan fingerprint density at radius 1 is 1.43 bits per heavy atom. The van der Waals surface area contributed by atoms with Crippen LogP contribution in [0.1, 0.15) is 23.2 Å². The van der Waals surface area contributed by atoms with E-state index in [2.05, 4.69) is 10.3 Å². The largest absolute Gasteiger partial charge is 0.376 e. The third kappa shape index (κ3) is 2.94. The third-order valence-corrected chi connectivity index (χ3v) is 3.84. The molecule has 21 heavy (non-hydrogen) atoms. The predicted molar refractivity (Wildman–Crippen MR) is 79.6 cm³/mol. The molecule has 1 amide bonds. The number of carbonyl (C=O) groups excluding carboxylic acids is 2. The van der Waals surface area contributed by atoms with Crippen molar-refractivity contribution in [2.75, 3.05) is 13.2 Å². The number of benzene rings is 1. The van der Waals surface area contributed by atoms with Crippen molar-refractivity contribution in [1.29, 1.82) is 0 Å². The Labute approximate surface area is 126 Å². The Hall–Kier alpha value is -1.85. The fourth-order valence-corrected chi connectivity index (χ4v) is 2.67. The molecule has 2 aromatic rings. The van der Waals surface area contributed by atoms with Crippen LogP contribution >= 0.6 is 11.6 Å². The molecule has 0 saturated carbocycles. The van der Waals surface area contributed by atoms with Gasteiger partial charge in [0.05, 0.1) is 11.7 Å². The zero-order chi connectivity index (χ0) is 14.8. The number of carbonyl (C=O) groups is 2. The summed E-state index contributed by atoms with van der Waals surface area (Å²) in [6, 6.07) is 5.18. The molecule has 5 nitrogen and oxygen atoms in total. The lowest BCUT2D eigenvalue weighted by Crippen LogP contribution is -2.36. The molecule has 0 radical (unpaired) electrons. The smallest absolute Gasteiger partial charge is 0.292 e. The summed E-state index contributed by atoms with van der Waals surface area (Å²) in [4.78, 5) is 27.1. The SMILES string of the molecule is O=C(NCC1CCCO1)C(=O)c1c[nH]c2ccc(Cl)cc12. The average Bonchev–Trinajstić information content (AvgIpc) is 3.12. The zero-order valence-corrected chi connectivity index (χ0v) is 12.1. The van der Waals surface area contributed by atoms with Crippen molar-refractivity contribution >= 4 is 34.2 Å². The second-order valence-corrected chi connectivity index (χ2v) is 5.50. The van der Waals surface area contributed by atoms with Crippen LogP contribution in [0.5, 0.6) is 0 Å². The van der Waals surface area contributed by atoms with Gasteiger partial charge in [0.2, 0.25) is 0 Å². The molecule has 1 saturated heterocycles. The van der Waals surface area contributed by atoms with Crippen LogP contribution in [0.25, 0.3) is 10.9 Å². The van der Waals surface area contributed by atoms with Crippen molar-refractivity contribution in [3.8, 4) is 0 Å². The van der Waals surface area contributed by atoms with E-state index in [4.69, 9.17) is 16.3 Å². The van der Waals surface area contributed by atoms with Crippen LogP contribution in [-0.4, -0.2) is 35.9 Å². The van der Waals surface area contributed by atoms with E-state index in [-0.39, 0.29) is 6.10 Å². The molecule has 1 aliphatic rings. The topological polar surface area (TPSA) is 71.2 Å². The van der Waals surface area contributed by atoms with Gasteiger partial charge in [-0.15, -0.1) is 0 Å². The van der Waals surface area contributed by atoms with Gasteiger partial charge >= 0.3 is 0 Å². The maximum atomic E-state index is 12.2. The summed E-state index contributed by atoms with van der Waals surface area (Å²) in [5, 5.41) is 3.81. The zero-order valence-electron chi connectivity index (χ0n) is 11.3. The lowest BCUT2D eigenvalue weighted by molar-refractivity contribution is -0.117. The van der Waals surface area contributed by atoms with Gasteiger partial charge in [-0.2, -0.15) is 0 Å². The number of fused-ring (bicyclic) bond motifs is 1. The van der Waals surface area contributed by atoms with Crippen LogP contribution in [0.15, 0.2) is 24.4 Å². The number of rotatable bonds is 4. The molecule has 110 valence electrons. The highest BCUT2D eigenvalue weighted by Crippen LogP contribution is 2.22. The lowest BCUT2D eigenvalue weighted by Gasteiger charge is -2.09.